The summed E-state index contributed by atoms with van der Waals surface area (Å²) in [4.78, 5) is 45.8. The highest BCUT2D eigenvalue weighted by molar-refractivity contribution is 7.18. The molecule has 1 N–H and O–H groups in total. The van der Waals surface area contributed by atoms with E-state index in [0.29, 0.717) is 17.0 Å². The third-order valence-corrected chi connectivity index (χ3v) is 6.89. The molecule has 0 aliphatic heterocycles. The average molecular weight is 439 g/mol. The summed E-state index contributed by atoms with van der Waals surface area (Å²) in [6.45, 7) is 3.96. The number of benzene rings is 1. The van der Waals surface area contributed by atoms with E-state index < -0.39 is 0 Å². The van der Waals surface area contributed by atoms with Crippen LogP contribution in [-0.4, -0.2) is 39.9 Å². The van der Waals surface area contributed by atoms with Crippen molar-refractivity contribution in [1.82, 2.24) is 14.5 Å². The molecule has 2 aromatic heterocycles. The van der Waals surface area contributed by atoms with E-state index in [1.54, 1.807) is 18.4 Å². The number of thiophene rings is 1. The molecule has 8 heteroatoms. The Morgan fingerprint density at radius 1 is 1.29 bits per heavy atom. The first-order valence-corrected chi connectivity index (χ1v) is 11.2. The zero-order valence-corrected chi connectivity index (χ0v) is 18.8. The summed E-state index contributed by atoms with van der Waals surface area (Å²) in [5.41, 5.74) is 2.70. The molecule has 4 rings (SSSR count). The quantitative estimate of drug-likeness (QED) is 0.664. The number of nitrogens with zero attached hydrogens (tertiary/aromatic N) is 3. The van der Waals surface area contributed by atoms with Gasteiger partial charge in [0.1, 0.15) is 11.4 Å². The molecule has 1 aliphatic rings. The fourth-order valence-corrected chi connectivity index (χ4v) is 5.23. The molecular formula is C23H26N4O3S. The maximum absolute atomic E-state index is 13.1. The molecule has 1 aromatic carbocycles. The standard InChI is InChI=1S/C23H26N4O3S/c1-14-4-7-16(8-5-14)25-19(28)11-26(3)20(29)12-27-13-24-22-21(23(27)30)17-9-6-15(2)10-18(17)31-22/h4-5,7-8,13,15H,6,9-12H2,1-3H3,(H,25,28). The lowest BCUT2D eigenvalue weighted by molar-refractivity contribution is -0.133. The molecule has 2 heterocycles. The van der Waals surface area contributed by atoms with Crippen LogP contribution in [-0.2, 0) is 29.0 Å². The van der Waals surface area contributed by atoms with Crippen LogP contribution in [0.4, 0.5) is 5.69 Å². The Balaban J connectivity index is 1.45. The minimum absolute atomic E-state index is 0.0944. The van der Waals surface area contributed by atoms with Crippen LogP contribution in [0, 0.1) is 12.8 Å². The van der Waals surface area contributed by atoms with E-state index in [1.165, 1.54) is 20.7 Å². The Hall–Kier alpha value is -3.00. The van der Waals surface area contributed by atoms with Gasteiger partial charge in [0.2, 0.25) is 11.8 Å². The molecular weight excluding hydrogens is 412 g/mol. The molecule has 0 saturated carbocycles. The van der Waals surface area contributed by atoms with Crippen molar-refractivity contribution >= 4 is 39.1 Å². The number of carbonyl (C=O) groups excluding carboxylic acids is 2. The van der Waals surface area contributed by atoms with Gasteiger partial charge in [-0.25, -0.2) is 4.98 Å². The number of hydrogen-bond acceptors (Lipinski definition) is 5. The Morgan fingerprint density at radius 3 is 2.77 bits per heavy atom. The predicted molar refractivity (Wildman–Crippen MR) is 123 cm³/mol. The van der Waals surface area contributed by atoms with Crippen molar-refractivity contribution in [3.8, 4) is 0 Å². The number of carbonyl (C=O) groups is 2. The van der Waals surface area contributed by atoms with Crippen LogP contribution in [0.15, 0.2) is 35.4 Å². The Kier molecular flexibility index (Phi) is 5.91. The number of aromatic nitrogens is 2. The second kappa shape index (κ2) is 8.63. The maximum Gasteiger partial charge on any atom is 0.262 e. The SMILES string of the molecule is Cc1ccc(NC(=O)CN(C)C(=O)Cn2cnc3sc4c(c3c2=O)CCC(C)C4)cc1. The molecule has 3 aromatic rings. The largest absolute Gasteiger partial charge is 0.335 e. The Morgan fingerprint density at radius 2 is 2.03 bits per heavy atom. The first-order chi connectivity index (χ1) is 14.8. The lowest BCUT2D eigenvalue weighted by Gasteiger charge is -2.18. The van der Waals surface area contributed by atoms with Crippen molar-refractivity contribution < 1.29 is 9.59 Å². The number of rotatable bonds is 5. The van der Waals surface area contributed by atoms with Gasteiger partial charge >= 0.3 is 0 Å². The smallest absolute Gasteiger partial charge is 0.262 e. The zero-order valence-electron chi connectivity index (χ0n) is 18.0. The van der Waals surface area contributed by atoms with Gasteiger partial charge in [-0.05, 0) is 49.8 Å². The van der Waals surface area contributed by atoms with Crippen LogP contribution >= 0.6 is 11.3 Å². The summed E-state index contributed by atoms with van der Waals surface area (Å²) in [6, 6.07) is 7.45. The van der Waals surface area contributed by atoms with E-state index in [1.807, 2.05) is 31.2 Å². The van der Waals surface area contributed by atoms with Gasteiger partial charge in [0.25, 0.3) is 5.56 Å². The monoisotopic (exact) mass is 438 g/mol. The second-order valence-corrected chi connectivity index (χ2v) is 9.46. The van der Waals surface area contributed by atoms with Crippen LogP contribution in [0.1, 0.15) is 29.3 Å². The minimum Gasteiger partial charge on any atom is -0.335 e. The summed E-state index contributed by atoms with van der Waals surface area (Å²) < 4.78 is 1.35. The molecule has 1 atom stereocenters. The van der Waals surface area contributed by atoms with Crippen LogP contribution in [0.5, 0.6) is 0 Å². The Labute approximate surface area is 184 Å². The average Bonchev–Trinajstić information content (AvgIpc) is 3.09. The van der Waals surface area contributed by atoms with Gasteiger partial charge < -0.3 is 10.2 Å². The molecule has 1 unspecified atom stereocenters. The molecule has 31 heavy (non-hydrogen) atoms. The first-order valence-electron chi connectivity index (χ1n) is 10.4. The molecule has 0 saturated heterocycles. The lowest BCUT2D eigenvalue weighted by Crippen LogP contribution is -2.38. The van der Waals surface area contributed by atoms with Gasteiger partial charge in [-0.15, -0.1) is 11.3 Å². The minimum atomic E-state index is -0.319. The van der Waals surface area contributed by atoms with E-state index >= 15 is 0 Å². The molecule has 162 valence electrons. The lowest BCUT2D eigenvalue weighted by atomic mass is 9.89. The highest BCUT2D eigenvalue weighted by atomic mass is 32.1. The van der Waals surface area contributed by atoms with Crippen molar-refractivity contribution in [2.45, 2.75) is 39.7 Å². The Bertz CT molecular complexity index is 1200. The summed E-state index contributed by atoms with van der Waals surface area (Å²) in [5, 5.41) is 3.43. The topological polar surface area (TPSA) is 84.3 Å². The molecule has 0 bridgehead atoms. The van der Waals surface area contributed by atoms with E-state index in [4.69, 9.17) is 0 Å². The number of likely N-dealkylation sites (N-methyl/N-ethyl adjacent to an activating group) is 1. The van der Waals surface area contributed by atoms with Crippen molar-refractivity contribution in [2.24, 2.45) is 5.92 Å². The van der Waals surface area contributed by atoms with Crippen LogP contribution in [0.25, 0.3) is 10.2 Å². The molecule has 0 radical (unpaired) electrons. The summed E-state index contributed by atoms with van der Waals surface area (Å²) in [6.07, 6.45) is 4.36. The van der Waals surface area contributed by atoms with Crippen molar-refractivity contribution in [3.05, 3.63) is 57.0 Å². The van der Waals surface area contributed by atoms with E-state index in [0.717, 1.165) is 35.2 Å². The number of hydrogen-bond donors (Lipinski definition) is 1. The zero-order chi connectivity index (χ0) is 22.1. The fraction of sp³-hybridized carbons (Fsp3) is 0.391. The van der Waals surface area contributed by atoms with Crippen LogP contribution in [0.2, 0.25) is 0 Å². The van der Waals surface area contributed by atoms with Gasteiger partial charge in [-0.3, -0.25) is 19.0 Å². The molecule has 7 nitrogen and oxygen atoms in total. The number of anilines is 1. The predicted octanol–water partition coefficient (Wildman–Crippen LogP) is 2.99. The van der Waals surface area contributed by atoms with Crippen molar-refractivity contribution in [3.63, 3.8) is 0 Å². The van der Waals surface area contributed by atoms with Gasteiger partial charge in [-0.2, -0.15) is 0 Å². The van der Waals surface area contributed by atoms with E-state index in [9.17, 15) is 14.4 Å². The first kappa shape index (κ1) is 21.2. The van der Waals surface area contributed by atoms with Gasteiger partial charge in [0.05, 0.1) is 18.3 Å². The molecule has 2 amide bonds. The summed E-state index contributed by atoms with van der Waals surface area (Å²) >= 11 is 1.59. The number of fused-ring (bicyclic) bond motifs is 3. The van der Waals surface area contributed by atoms with E-state index in [2.05, 4.69) is 17.2 Å². The fourth-order valence-electron chi connectivity index (χ4n) is 3.89. The summed E-state index contributed by atoms with van der Waals surface area (Å²) in [7, 11) is 1.56. The molecule has 0 spiro atoms. The molecule has 0 fully saturated rings. The van der Waals surface area contributed by atoms with E-state index in [-0.39, 0.29) is 30.5 Å². The highest BCUT2D eigenvalue weighted by Gasteiger charge is 2.24. The highest BCUT2D eigenvalue weighted by Crippen LogP contribution is 2.35. The second-order valence-electron chi connectivity index (χ2n) is 8.37. The van der Waals surface area contributed by atoms with Gasteiger partial charge in [0.15, 0.2) is 0 Å². The molecule has 1 aliphatic carbocycles. The van der Waals surface area contributed by atoms with Crippen molar-refractivity contribution in [2.75, 3.05) is 18.9 Å². The van der Waals surface area contributed by atoms with Crippen LogP contribution in [0.3, 0.4) is 0 Å². The summed E-state index contributed by atoms with van der Waals surface area (Å²) in [5.74, 6) is 0.00532. The third-order valence-electron chi connectivity index (χ3n) is 5.73. The third kappa shape index (κ3) is 4.54. The number of amides is 2. The van der Waals surface area contributed by atoms with Gasteiger partial charge in [-0.1, -0.05) is 24.6 Å². The normalized spacial score (nSPS) is 15.5. The van der Waals surface area contributed by atoms with Crippen LogP contribution < -0.4 is 10.9 Å². The number of aryl methyl sites for hydroxylation is 2. The number of nitrogens with one attached hydrogen (secondary N) is 1. The van der Waals surface area contributed by atoms with Gasteiger partial charge in [0, 0.05) is 17.6 Å². The van der Waals surface area contributed by atoms with Crippen molar-refractivity contribution in [1.29, 1.82) is 0 Å². The maximum atomic E-state index is 13.1.